The fourth-order valence-corrected chi connectivity index (χ4v) is 0.888. The quantitative estimate of drug-likeness (QED) is 0.581. The van der Waals surface area contributed by atoms with Crippen LogP contribution in [0.2, 0.25) is 0 Å². The number of aliphatic hydroxyl groups is 1. The molecule has 1 N–H and O–H groups in total. The monoisotopic (exact) mass is 352 g/mol. The lowest BCUT2D eigenvalue weighted by molar-refractivity contribution is -0.0751. The van der Waals surface area contributed by atoms with Crippen LogP contribution in [-0.4, -0.2) is 50.9 Å². The topological polar surface area (TPSA) is 47.9 Å². The smallest absolute Gasteiger partial charge is 0.0856 e. The molecule has 4 heteroatoms. The zero-order valence-corrected chi connectivity index (χ0v) is 18.6. The van der Waals surface area contributed by atoms with Gasteiger partial charge in [-0.1, -0.05) is 61.8 Å². The molecule has 1 atom stereocenters. The van der Waals surface area contributed by atoms with Gasteiger partial charge in [-0.3, -0.25) is 0 Å². The van der Waals surface area contributed by atoms with Crippen LogP contribution in [0.25, 0.3) is 0 Å². The van der Waals surface area contributed by atoms with Crippen molar-refractivity contribution in [2.75, 3.05) is 40.1 Å². The molecule has 0 spiro atoms. The first-order chi connectivity index (χ1) is 11.2. The summed E-state index contributed by atoms with van der Waals surface area (Å²) < 4.78 is 15.8. The summed E-state index contributed by atoms with van der Waals surface area (Å²) in [4.78, 5) is 0. The zero-order chi connectivity index (χ0) is 20.0. The maximum atomic E-state index is 8.98. The van der Waals surface area contributed by atoms with E-state index in [1.807, 2.05) is 27.7 Å². The summed E-state index contributed by atoms with van der Waals surface area (Å²) in [7, 11) is 1.65. The number of rotatable bonds is 9. The van der Waals surface area contributed by atoms with Crippen LogP contribution in [0.1, 0.15) is 75.7 Å². The molecule has 0 fully saturated rings. The summed E-state index contributed by atoms with van der Waals surface area (Å²) in [6, 6.07) is 0. The van der Waals surface area contributed by atoms with Crippen molar-refractivity contribution in [2.45, 2.75) is 81.3 Å². The van der Waals surface area contributed by atoms with Crippen LogP contribution in [0.4, 0.5) is 0 Å². The fourth-order valence-electron chi connectivity index (χ4n) is 0.888. The lowest BCUT2D eigenvalue weighted by Crippen LogP contribution is -2.31. The first kappa shape index (κ1) is 31.6. The van der Waals surface area contributed by atoms with Gasteiger partial charge in [0.15, 0.2) is 0 Å². The van der Waals surface area contributed by atoms with Crippen LogP contribution in [0.15, 0.2) is 0 Å². The van der Waals surface area contributed by atoms with E-state index in [2.05, 4.69) is 41.5 Å². The minimum atomic E-state index is -0.458. The van der Waals surface area contributed by atoms with Gasteiger partial charge < -0.3 is 19.3 Å². The molecular formula is C20H48O4. The molecule has 0 aliphatic carbocycles. The zero-order valence-electron chi connectivity index (χ0n) is 18.6. The van der Waals surface area contributed by atoms with E-state index in [0.29, 0.717) is 32.3 Å². The summed E-state index contributed by atoms with van der Waals surface area (Å²) >= 11 is 0. The molecular weight excluding hydrogens is 304 g/mol. The Morgan fingerprint density at radius 2 is 1.33 bits per heavy atom. The van der Waals surface area contributed by atoms with E-state index in [0.717, 1.165) is 5.92 Å². The molecule has 4 nitrogen and oxygen atoms in total. The fraction of sp³-hybridized carbons (Fsp3) is 1.00. The second kappa shape index (κ2) is 25.1. The van der Waals surface area contributed by atoms with Gasteiger partial charge in [-0.15, -0.1) is 0 Å². The average molecular weight is 353 g/mol. The predicted octanol–water partition coefficient (Wildman–Crippen LogP) is 5.18. The van der Waals surface area contributed by atoms with E-state index >= 15 is 0 Å². The first-order valence-corrected chi connectivity index (χ1v) is 9.48. The number of aliphatic hydroxyl groups excluding tert-OH is 1. The van der Waals surface area contributed by atoms with Crippen LogP contribution in [0.5, 0.6) is 0 Å². The van der Waals surface area contributed by atoms with E-state index in [9.17, 15) is 0 Å². The van der Waals surface area contributed by atoms with Crippen LogP contribution in [-0.2, 0) is 14.2 Å². The van der Waals surface area contributed by atoms with Gasteiger partial charge in [0, 0.05) is 13.0 Å². The number of hydrogen-bond donors (Lipinski definition) is 1. The van der Waals surface area contributed by atoms with Crippen LogP contribution >= 0.6 is 0 Å². The molecule has 0 saturated carbocycles. The van der Waals surface area contributed by atoms with E-state index in [4.69, 9.17) is 19.3 Å². The lowest BCUT2D eigenvalue weighted by atomic mass is 10.1. The van der Waals surface area contributed by atoms with Crippen LogP contribution in [0, 0.1) is 11.8 Å². The summed E-state index contributed by atoms with van der Waals surface area (Å²) in [5, 5.41) is 8.98. The second-order valence-corrected chi connectivity index (χ2v) is 6.84. The van der Waals surface area contributed by atoms with Crippen molar-refractivity contribution >= 4 is 0 Å². The molecule has 0 amide bonds. The molecule has 0 saturated heterocycles. The molecule has 0 aromatic carbocycles. The SMILES string of the molecule is CC.CC(C)C.CCC.COCCOCC(C)COC(C)(C)CO. The predicted molar refractivity (Wildman–Crippen MR) is 107 cm³/mol. The minimum Gasteiger partial charge on any atom is -0.393 e. The van der Waals surface area contributed by atoms with E-state index in [-0.39, 0.29) is 6.61 Å². The van der Waals surface area contributed by atoms with Gasteiger partial charge in [-0.2, -0.15) is 0 Å². The Kier molecular flexibility index (Phi) is 33.0. The Balaban J connectivity index is -0.000000185. The van der Waals surface area contributed by atoms with Crippen molar-refractivity contribution in [3.05, 3.63) is 0 Å². The highest BCUT2D eigenvalue weighted by molar-refractivity contribution is 4.66. The van der Waals surface area contributed by atoms with Crippen molar-refractivity contribution in [1.29, 1.82) is 0 Å². The van der Waals surface area contributed by atoms with E-state index < -0.39 is 5.60 Å². The van der Waals surface area contributed by atoms with Crippen molar-refractivity contribution < 1.29 is 19.3 Å². The van der Waals surface area contributed by atoms with Crippen molar-refractivity contribution in [2.24, 2.45) is 11.8 Å². The second-order valence-electron chi connectivity index (χ2n) is 6.84. The van der Waals surface area contributed by atoms with Gasteiger partial charge >= 0.3 is 0 Å². The molecule has 0 radical (unpaired) electrons. The standard InChI is InChI=1S/C11H24O4.C4H10.C3H8.C2H6/c1-10(7-14-6-5-13-4)8-15-11(2,3)9-12;1-4(2)3;1-3-2;1-2/h10,12H,5-9H2,1-4H3;4H,1-3H3;3H2,1-2H3;1-2H3. The summed E-state index contributed by atoms with van der Waals surface area (Å²) in [5.74, 6) is 1.16. The summed E-state index contributed by atoms with van der Waals surface area (Å²) in [5.41, 5.74) is -0.458. The number of methoxy groups -OCH3 is 1. The number of ether oxygens (including phenoxy) is 3. The highest BCUT2D eigenvalue weighted by Crippen LogP contribution is 2.10. The molecule has 0 aromatic rings. The maximum absolute atomic E-state index is 8.98. The molecule has 0 heterocycles. The van der Waals surface area contributed by atoms with Gasteiger partial charge in [-0.25, -0.2) is 0 Å². The van der Waals surface area contributed by atoms with Gasteiger partial charge in [0.1, 0.15) is 0 Å². The Bertz CT molecular complexity index is 191. The van der Waals surface area contributed by atoms with Crippen molar-refractivity contribution in [3.8, 4) is 0 Å². The maximum Gasteiger partial charge on any atom is 0.0856 e. The average Bonchev–Trinajstić information content (AvgIpc) is 2.52. The Morgan fingerprint density at radius 3 is 1.67 bits per heavy atom. The lowest BCUT2D eigenvalue weighted by Gasteiger charge is -2.24. The third-order valence-electron chi connectivity index (χ3n) is 1.97. The number of hydrogen-bond acceptors (Lipinski definition) is 4. The molecule has 0 aliphatic heterocycles. The van der Waals surface area contributed by atoms with Gasteiger partial charge in [0.2, 0.25) is 0 Å². The van der Waals surface area contributed by atoms with E-state index in [1.54, 1.807) is 7.11 Å². The molecule has 1 unspecified atom stereocenters. The Labute approximate surface area is 153 Å². The molecule has 152 valence electrons. The summed E-state index contributed by atoms with van der Waals surface area (Å²) in [6.45, 7) is 23.1. The normalized spacial score (nSPS) is 11.4. The van der Waals surface area contributed by atoms with Crippen molar-refractivity contribution in [1.82, 2.24) is 0 Å². The third-order valence-corrected chi connectivity index (χ3v) is 1.97. The van der Waals surface area contributed by atoms with Gasteiger partial charge in [0.25, 0.3) is 0 Å². The molecule has 24 heavy (non-hydrogen) atoms. The Hall–Kier alpha value is -0.160. The highest BCUT2D eigenvalue weighted by atomic mass is 16.5. The highest BCUT2D eigenvalue weighted by Gasteiger charge is 2.17. The van der Waals surface area contributed by atoms with Crippen LogP contribution in [0.3, 0.4) is 0 Å². The third kappa shape index (κ3) is 43.1. The van der Waals surface area contributed by atoms with E-state index in [1.165, 1.54) is 6.42 Å². The Morgan fingerprint density at radius 1 is 0.917 bits per heavy atom. The first-order valence-electron chi connectivity index (χ1n) is 9.48. The summed E-state index contributed by atoms with van der Waals surface area (Å²) in [6.07, 6.45) is 1.25. The minimum absolute atomic E-state index is 0.0320. The van der Waals surface area contributed by atoms with Gasteiger partial charge in [0.05, 0.1) is 38.6 Å². The molecule has 0 bridgehead atoms. The molecule has 0 aromatic heterocycles. The van der Waals surface area contributed by atoms with Gasteiger partial charge in [-0.05, 0) is 19.8 Å². The molecule has 0 rings (SSSR count). The largest absolute Gasteiger partial charge is 0.393 e. The van der Waals surface area contributed by atoms with Crippen LogP contribution < -0.4 is 0 Å². The molecule has 0 aliphatic rings. The van der Waals surface area contributed by atoms with Crippen molar-refractivity contribution in [3.63, 3.8) is 0 Å².